The maximum absolute atomic E-state index is 12.3. The molecule has 0 fully saturated rings. The largest absolute Gasteiger partial charge is 0.489 e. The zero-order chi connectivity index (χ0) is 18.5. The van der Waals surface area contributed by atoms with E-state index in [0.717, 1.165) is 17.0 Å². The Morgan fingerprint density at radius 2 is 2.08 bits per heavy atom. The van der Waals surface area contributed by atoms with Crippen molar-refractivity contribution >= 4 is 5.91 Å². The fraction of sp³-hybridized carbons (Fsp3) is 0.316. The van der Waals surface area contributed by atoms with E-state index in [4.69, 9.17) is 9.26 Å². The van der Waals surface area contributed by atoms with E-state index in [1.54, 1.807) is 35.1 Å². The Morgan fingerprint density at radius 1 is 1.31 bits per heavy atom. The van der Waals surface area contributed by atoms with E-state index >= 15 is 0 Å². The molecule has 1 amide bonds. The van der Waals surface area contributed by atoms with Gasteiger partial charge in [0.25, 0.3) is 5.91 Å². The van der Waals surface area contributed by atoms with Gasteiger partial charge in [0.05, 0.1) is 17.8 Å². The van der Waals surface area contributed by atoms with Crippen LogP contribution < -0.4 is 10.1 Å². The molecule has 3 rings (SSSR count). The molecule has 0 saturated carbocycles. The Kier molecular flexibility index (Phi) is 5.36. The fourth-order valence-corrected chi connectivity index (χ4v) is 2.61. The summed E-state index contributed by atoms with van der Waals surface area (Å²) < 4.78 is 12.7. The SMILES string of the molecule is Cc1noc(C)c1COc1ccc(C(=O)NC(C)Cn2cccn2)cc1. The first kappa shape index (κ1) is 17.7. The first-order valence-electron chi connectivity index (χ1n) is 8.46. The van der Waals surface area contributed by atoms with Crippen molar-refractivity contribution in [3.05, 3.63) is 65.3 Å². The lowest BCUT2D eigenvalue weighted by atomic mass is 10.2. The number of ether oxygens (including phenoxy) is 1. The number of hydrogen-bond acceptors (Lipinski definition) is 5. The van der Waals surface area contributed by atoms with Gasteiger partial charge in [0, 0.05) is 24.0 Å². The first-order chi connectivity index (χ1) is 12.5. The Morgan fingerprint density at radius 3 is 2.69 bits per heavy atom. The molecule has 1 unspecified atom stereocenters. The Hall–Kier alpha value is -3.09. The second kappa shape index (κ2) is 7.86. The zero-order valence-electron chi connectivity index (χ0n) is 15.1. The first-order valence-corrected chi connectivity index (χ1v) is 8.46. The van der Waals surface area contributed by atoms with Crippen molar-refractivity contribution < 1.29 is 14.1 Å². The van der Waals surface area contributed by atoms with E-state index in [2.05, 4.69) is 15.6 Å². The van der Waals surface area contributed by atoms with E-state index in [1.165, 1.54) is 0 Å². The van der Waals surface area contributed by atoms with Gasteiger partial charge in [-0.2, -0.15) is 5.10 Å². The lowest BCUT2D eigenvalue weighted by molar-refractivity contribution is 0.0936. The molecule has 1 N–H and O–H groups in total. The van der Waals surface area contributed by atoms with Crippen LogP contribution in [0.5, 0.6) is 5.75 Å². The van der Waals surface area contributed by atoms with Crippen LogP contribution in [0.25, 0.3) is 0 Å². The van der Waals surface area contributed by atoms with Crippen LogP contribution in [0, 0.1) is 13.8 Å². The summed E-state index contributed by atoms with van der Waals surface area (Å²) in [7, 11) is 0. The molecule has 3 aromatic rings. The highest BCUT2D eigenvalue weighted by atomic mass is 16.5. The molecule has 7 heteroatoms. The third-order valence-electron chi connectivity index (χ3n) is 4.08. The molecule has 0 radical (unpaired) electrons. The summed E-state index contributed by atoms with van der Waals surface area (Å²) in [6.45, 7) is 6.69. The molecule has 0 aliphatic rings. The van der Waals surface area contributed by atoms with Crippen molar-refractivity contribution in [1.29, 1.82) is 0 Å². The van der Waals surface area contributed by atoms with Gasteiger partial charge in [-0.25, -0.2) is 0 Å². The molecule has 1 atom stereocenters. The van der Waals surface area contributed by atoms with Gasteiger partial charge in [0.15, 0.2) is 0 Å². The summed E-state index contributed by atoms with van der Waals surface area (Å²) in [4.78, 5) is 12.3. The number of aromatic nitrogens is 3. The van der Waals surface area contributed by atoms with Crippen molar-refractivity contribution in [2.45, 2.75) is 40.0 Å². The molecular weight excluding hydrogens is 332 g/mol. The van der Waals surface area contributed by atoms with Crippen LogP contribution in [0.15, 0.2) is 47.2 Å². The molecule has 7 nitrogen and oxygen atoms in total. The fourth-order valence-electron chi connectivity index (χ4n) is 2.61. The molecule has 1 aromatic carbocycles. The molecule has 2 heterocycles. The molecular formula is C19H22N4O3. The number of rotatable bonds is 7. The molecule has 0 aliphatic carbocycles. The van der Waals surface area contributed by atoms with Gasteiger partial charge in [0.2, 0.25) is 0 Å². The van der Waals surface area contributed by atoms with Gasteiger partial charge in [-0.05, 0) is 51.1 Å². The summed E-state index contributed by atoms with van der Waals surface area (Å²) in [6.07, 6.45) is 3.59. The molecule has 2 aromatic heterocycles. The number of nitrogens with zero attached hydrogens (tertiary/aromatic N) is 3. The van der Waals surface area contributed by atoms with Crippen LogP contribution in [0.1, 0.15) is 34.3 Å². The number of carbonyl (C=O) groups excluding carboxylic acids is 1. The number of aryl methyl sites for hydroxylation is 2. The minimum absolute atomic E-state index is 0.0298. The smallest absolute Gasteiger partial charge is 0.251 e. The number of nitrogens with one attached hydrogen (secondary N) is 1. The summed E-state index contributed by atoms with van der Waals surface area (Å²) in [6, 6.07) is 8.89. The van der Waals surface area contributed by atoms with Crippen molar-refractivity contribution in [3.8, 4) is 5.75 Å². The van der Waals surface area contributed by atoms with Crippen molar-refractivity contribution in [2.24, 2.45) is 0 Å². The Labute approximate surface area is 151 Å². The van der Waals surface area contributed by atoms with Crippen LogP contribution in [0.4, 0.5) is 0 Å². The van der Waals surface area contributed by atoms with E-state index < -0.39 is 0 Å². The summed E-state index contributed by atoms with van der Waals surface area (Å²) in [5.74, 6) is 1.32. The van der Waals surface area contributed by atoms with Gasteiger partial charge >= 0.3 is 0 Å². The predicted molar refractivity (Wildman–Crippen MR) is 95.9 cm³/mol. The van der Waals surface area contributed by atoms with E-state index in [1.807, 2.05) is 33.0 Å². The van der Waals surface area contributed by atoms with Crippen LogP contribution in [0.2, 0.25) is 0 Å². The average Bonchev–Trinajstić information content (AvgIpc) is 3.24. The van der Waals surface area contributed by atoms with Gasteiger partial charge in [-0.15, -0.1) is 0 Å². The quantitative estimate of drug-likeness (QED) is 0.705. The second-order valence-electron chi connectivity index (χ2n) is 6.22. The monoisotopic (exact) mass is 354 g/mol. The molecule has 26 heavy (non-hydrogen) atoms. The maximum Gasteiger partial charge on any atom is 0.251 e. The van der Waals surface area contributed by atoms with Gasteiger partial charge in [0.1, 0.15) is 18.1 Å². The van der Waals surface area contributed by atoms with Crippen LogP contribution in [-0.2, 0) is 13.2 Å². The minimum atomic E-state index is -0.123. The molecule has 0 spiro atoms. The summed E-state index contributed by atoms with van der Waals surface area (Å²) >= 11 is 0. The number of hydrogen-bond donors (Lipinski definition) is 1. The highest BCUT2D eigenvalue weighted by Crippen LogP contribution is 2.18. The van der Waals surface area contributed by atoms with Crippen LogP contribution >= 0.6 is 0 Å². The number of amides is 1. The van der Waals surface area contributed by atoms with Gasteiger partial charge < -0.3 is 14.6 Å². The van der Waals surface area contributed by atoms with E-state index in [9.17, 15) is 4.79 Å². The third kappa shape index (κ3) is 4.30. The second-order valence-corrected chi connectivity index (χ2v) is 6.22. The zero-order valence-corrected chi connectivity index (χ0v) is 15.1. The highest BCUT2D eigenvalue weighted by molar-refractivity contribution is 5.94. The number of carbonyl (C=O) groups is 1. The highest BCUT2D eigenvalue weighted by Gasteiger charge is 2.12. The Balaban J connectivity index is 1.54. The molecule has 0 aliphatic heterocycles. The third-order valence-corrected chi connectivity index (χ3v) is 4.08. The number of benzene rings is 1. The standard InChI is InChI=1S/C19H22N4O3/c1-13(11-23-10-4-9-20-23)21-19(24)16-5-7-17(8-6-16)25-12-18-14(2)22-26-15(18)3/h4-10,13H,11-12H2,1-3H3,(H,21,24). The van der Waals surface area contributed by atoms with Crippen molar-refractivity contribution in [3.63, 3.8) is 0 Å². The lowest BCUT2D eigenvalue weighted by Crippen LogP contribution is -2.35. The molecule has 0 bridgehead atoms. The minimum Gasteiger partial charge on any atom is -0.489 e. The molecule has 0 saturated heterocycles. The van der Waals surface area contributed by atoms with Gasteiger partial charge in [-0.1, -0.05) is 5.16 Å². The van der Waals surface area contributed by atoms with Crippen molar-refractivity contribution in [1.82, 2.24) is 20.3 Å². The van der Waals surface area contributed by atoms with Crippen molar-refractivity contribution in [2.75, 3.05) is 0 Å². The van der Waals surface area contributed by atoms with Gasteiger partial charge in [-0.3, -0.25) is 9.48 Å². The predicted octanol–water partition coefficient (Wildman–Crippen LogP) is 2.89. The topological polar surface area (TPSA) is 82.2 Å². The molecule has 136 valence electrons. The Bertz CT molecular complexity index is 834. The van der Waals surface area contributed by atoms with E-state index in [0.29, 0.717) is 24.5 Å². The summed E-state index contributed by atoms with van der Waals surface area (Å²) in [5.41, 5.74) is 2.35. The lowest BCUT2D eigenvalue weighted by Gasteiger charge is -2.14. The average molecular weight is 354 g/mol. The summed E-state index contributed by atoms with van der Waals surface area (Å²) in [5, 5.41) is 11.0. The van der Waals surface area contributed by atoms with Crippen LogP contribution in [0.3, 0.4) is 0 Å². The maximum atomic E-state index is 12.3. The normalized spacial score (nSPS) is 12.0. The van der Waals surface area contributed by atoms with Crippen LogP contribution in [-0.4, -0.2) is 26.9 Å². The van der Waals surface area contributed by atoms with E-state index in [-0.39, 0.29) is 11.9 Å².